The van der Waals surface area contributed by atoms with Gasteiger partial charge >= 0.3 is 0 Å². The molecule has 0 amide bonds. The molecule has 0 fully saturated rings. The van der Waals surface area contributed by atoms with Crippen molar-refractivity contribution >= 4 is 0 Å². The summed E-state index contributed by atoms with van der Waals surface area (Å²) in [6.45, 7) is 6.74. The summed E-state index contributed by atoms with van der Waals surface area (Å²) < 4.78 is 0. The number of hydrogen-bond donors (Lipinski definition) is 0. The highest BCUT2D eigenvalue weighted by Gasteiger charge is 2.13. The van der Waals surface area contributed by atoms with Gasteiger partial charge in [-0.3, -0.25) is 0 Å². The van der Waals surface area contributed by atoms with Crippen LogP contribution < -0.4 is 0 Å². The van der Waals surface area contributed by atoms with Gasteiger partial charge in [-0.2, -0.15) is 0 Å². The molecule has 0 aromatic rings. The van der Waals surface area contributed by atoms with Crippen molar-refractivity contribution in [1.82, 2.24) is 0 Å². The van der Waals surface area contributed by atoms with E-state index in [2.05, 4.69) is 39.0 Å². The van der Waals surface area contributed by atoms with E-state index in [-0.39, 0.29) is 0 Å². The van der Waals surface area contributed by atoms with Gasteiger partial charge in [-0.05, 0) is 25.2 Å². The van der Waals surface area contributed by atoms with E-state index in [0.717, 1.165) is 0 Å². The Labute approximate surface area is 63.6 Å². The molecule has 0 saturated heterocycles. The summed E-state index contributed by atoms with van der Waals surface area (Å²) in [5, 5.41) is 0. The van der Waals surface area contributed by atoms with Crippen LogP contribution in [-0.2, 0) is 0 Å². The second-order valence-corrected chi connectivity index (χ2v) is 3.81. The first-order valence-corrected chi connectivity index (χ1v) is 3.96. The Balaban J connectivity index is 2.71. The molecule has 0 nitrogen and oxygen atoms in total. The smallest absolute Gasteiger partial charge is 0.0169 e. The van der Waals surface area contributed by atoms with E-state index in [4.69, 9.17) is 0 Å². The minimum absolute atomic E-state index is 0.411. The summed E-state index contributed by atoms with van der Waals surface area (Å²) in [5.74, 6) is 0. The molecular formula is C10H16. The molecule has 0 heteroatoms. The van der Waals surface area contributed by atoms with Crippen molar-refractivity contribution in [2.75, 3.05) is 0 Å². The third kappa shape index (κ3) is 2.02. The molecule has 0 aromatic heterocycles. The van der Waals surface area contributed by atoms with Crippen molar-refractivity contribution in [2.24, 2.45) is 5.41 Å². The highest BCUT2D eigenvalue weighted by atomic mass is 14.2. The van der Waals surface area contributed by atoms with Gasteiger partial charge in [0.15, 0.2) is 0 Å². The molecule has 1 aliphatic rings. The third-order valence-corrected chi connectivity index (χ3v) is 2.05. The fourth-order valence-electron chi connectivity index (χ4n) is 1.18. The quantitative estimate of drug-likeness (QED) is 0.479. The van der Waals surface area contributed by atoms with E-state index in [1.54, 1.807) is 0 Å². The van der Waals surface area contributed by atoms with Crippen molar-refractivity contribution < 1.29 is 0 Å². The van der Waals surface area contributed by atoms with Crippen LogP contribution in [-0.4, -0.2) is 0 Å². The zero-order valence-corrected chi connectivity index (χ0v) is 7.15. The highest BCUT2D eigenvalue weighted by Crippen LogP contribution is 2.27. The first-order chi connectivity index (χ1) is 4.60. The zero-order chi connectivity index (χ0) is 7.61. The maximum absolute atomic E-state index is 2.31. The van der Waals surface area contributed by atoms with Crippen LogP contribution >= 0.6 is 0 Å². The van der Waals surface area contributed by atoms with Crippen LogP contribution in [0.5, 0.6) is 0 Å². The molecule has 56 valence electrons. The van der Waals surface area contributed by atoms with Crippen LogP contribution in [0.3, 0.4) is 0 Å². The lowest BCUT2D eigenvalue weighted by atomic mass is 9.89. The van der Waals surface area contributed by atoms with Crippen LogP contribution in [0.2, 0.25) is 0 Å². The summed E-state index contributed by atoms with van der Waals surface area (Å²) in [6, 6.07) is 0. The second kappa shape index (κ2) is 2.61. The Morgan fingerprint density at radius 3 is 2.80 bits per heavy atom. The maximum Gasteiger partial charge on any atom is -0.0169 e. The molecule has 0 spiro atoms. The van der Waals surface area contributed by atoms with Gasteiger partial charge < -0.3 is 0 Å². The third-order valence-electron chi connectivity index (χ3n) is 2.05. The number of rotatable bonds is 0. The Morgan fingerprint density at radius 2 is 2.10 bits per heavy atom. The highest BCUT2D eigenvalue weighted by molar-refractivity contribution is 5.20. The molecule has 0 saturated carbocycles. The standard InChI is InChI=1S/C10H16/c1-9-5-4-7-10(2,3)8-6-9/h5-6,8H,4,7H2,1-3H3. The van der Waals surface area contributed by atoms with Gasteiger partial charge in [-0.15, -0.1) is 0 Å². The van der Waals surface area contributed by atoms with Crippen molar-refractivity contribution in [1.29, 1.82) is 0 Å². The molecule has 0 N–H and O–H groups in total. The van der Waals surface area contributed by atoms with Gasteiger partial charge in [0.1, 0.15) is 0 Å². The van der Waals surface area contributed by atoms with Gasteiger partial charge in [0.25, 0.3) is 0 Å². The van der Waals surface area contributed by atoms with E-state index < -0.39 is 0 Å². The summed E-state index contributed by atoms with van der Waals surface area (Å²) in [6.07, 6.45) is 9.36. The Hall–Kier alpha value is -0.520. The first kappa shape index (κ1) is 7.59. The molecule has 1 rings (SSSR count). The number of allylic oxidation sites excluding steroid dienone is 4. The van der Waals surface area contributed by atoms with Crippen LogP contribution in [0.15, 0.2) is 23.8 Å². The minimum Gasteiger partial charge on any atom is -0.0816 e. The molecule has 0 aliphatic heterocycles. The monoisotopic (exact) mass is 136 g/mol. The average Bonchev–Trinajstić information content (AvgIpc) is 1.94. The predicted molar refractivity (Wildman–Crippen MR) is 45.9 cm³/mol. The lowest BCUT2D eigenvalue weighted by Gasteiger charge is -2.16. The maximum atomic E-state index is 2.31. The van der Waals surface area contributed by atoms with Crippen LogP contribution in [0, 0.1) is 5.41 Å². The van der Waals surface area contributed by atoms with Gasteiger partial charge in [-0.1, -0.05) is 37.6 Å². The Kier molecular flexibility index (Phi) is 1.98. The molecule has 0 heterocycles. The molecule has 0 aromatic carbocycles. The lowest BCUT2D eigenvalue weighted by molar-refractivity contribution is 0.445. The van der Waals surface area contributed by atoms with Crippen molar-refractivity contribution in [3.63, 3.8) is 0 Å². The van der Waals surface area contributed by atoms with Gasteiger partial charge in [0.2, 0.25) is 0 Å². The molecule has 10 heavy (non-hydrogen) atoms. The van der Waals surface area contributed by atoms with Crippen molar-refractivity contribution in [3.8, 4) is 0 Å². The predicted octanol–water partition coefficient (Wildman–Crippen LogP) is 3.31. The molecular weight excluding hydrogens is 120 g/mol. The second-order valence-electron chi connectivity index (χ2n) is 3.81. The Morgan fingerprint density at radius 1 is 1.40 bits per heavy atom. The van der Waals surface area contributed by atoms with E-state index in [1.807, 2.05) is 0 Å². The molecule has 0 unspecified atom stereocenters. The summed E-state index contributed by atoms with van der Waals surface area (Å²) in [4.78, 5) is 0. The van der Waals surface area contributed by atoms with E-state index in [0.29, 0.717) is 5.41 Å². The summed E-state index contributed by atoms with van der Waals surface area (Å²) in [5.41, 5.74) is 1.82. The largest absolute Gasteiger partial charge is 0.0816 e. The SMILES string of the molecule is CC1=CCCC(C)(C)C=C1. The van der Waals surface area contributed by atoms with Gasteiger partial charge in [0.05, 0.1) is 0 Å². The summed E-state index contributed by atoms with van der Waals surface area (Å²) in [7, 11) is 0. The fraction of sp³-hybridized carbons (Fsp3) is 0.600. The molecule has 0 atom stereocenters. The Bertz CT molecular complexity index is 170. The van der Waals surface area contributed by atoms with E-state index in [1.165, 1.54) is 18.4 Å². The zero-order valence-electron chi connectivity index (χ0n) is 7.15. The lowest BCUT2D eigenvalue weighted by Crippen LogP contribution is -2.04. The molecule has 0 radical (unpaired) electrons. The molecule has 0 bridgehead atoms. The van der Waals surface area contributed by atoms with Crippen molar-refractivity contribution in [2.45, 2.75) is 33.6 Å². The van der Waals surface area contributed by atoms with Crippen LogP contribution in [0.25, 0.3) is 0 Å². The topological polar surface area (TPSA) is 0 Å². The minimum atomic E-state index is 0.411. The fourth-order valence-corrected chi connectivity index (χ4v) is 1.18. The van der Waals surface area contributed by atoms with Gasteiger partial charge in [-0.25, -0.2) is 0 Å². The van der Waals surface area contributed by atoms with E-state index in [9.17, 15) is 0 Å². The van der Waals surface area contributed by atoms with Crippen LogP contribution in [0.4, 0.5) is 0 Å². The number of hydrogen-bond acceptors (Lipinski definition) is 0. The van der Waals surface area contributed by atoms with E-state index >= 15 is 0 Å². The normalized spacial score (nSPS) is 23.7. The average molecular weight is 136 g/mol. The van der Waals surface area contributed by atoms with Crippen LogP contribution in [0.1, 0.15) is 33.6 Å². The van der Waals surface area contributed by atoms with Gasteiger partial charge in [0, 0.05) is 0 Å². The van der Waals surface area contributed by atoms with Crippen molar-refractivity contribution in [3.05, 3.63) is 23.8 Å². The first-order valence-electron chi connectivity index (χ1n) is 3.96. The molecule has 1 aliphatic carbocycles. The summed E-state index contributed by atoms with van der Waals surface area (Å²) >= 11 is 0.